The Balaban J connectivity index is 2.41. The second-order valence-corrected chi connectivity index (χ2v) is 2.78. The van der Waals surface area contributed by atoms with Gasteiger partial charge in [-0.05, 0) is 6.92 Å². The Bertz CT molecular complexity index is 257. The van der Waals surface area contributed by atoms with E-state index in [0.29, 0.717) is 13.0 Å². The number of amides is 1. The topological polar surface area (TPSA) is 83.8 Å². The number of rotatable bonds is 4. The lowest BCUT2D eigenvalue weighted by Crippen LogP contribution is -2.41. The Morgan fingerprint density at radius 2 is 2.62 bits per heavy atom. The summed E-state index contributed by atoms with van der Waals surface area (Å²) >= 11 is 0. The zero-order valence-electron chi connectivity index (χ0n) is 7.58. The van der Waals surface area contributed by atoms with Crippen LogP contribution in [0.3, 0.4) is 0 Å². The van der Waals surface area contributed by atoms with Crippen LogP contribution in [0.2, 0.25) is 0 Å². The van der Waals surface area contributed by atoms with E-state index in [9.17, 15) is 4.79 Å². The van der Waals surface area contributed by atoms with E-state index in [1.807, 2.05) is 6.92 Å². The number of H-pyrrole nitrogens is 1. The maximum atomic E-state index is 11.2. The van der Waals surface area contributed by atoms with Crippen LogP contribution >= 0.6 is 0 Å². The fraction of sp³-hybridized carbons (Fsp3) is 0.500. The summed E-state index contributed by atoms with van der Waals surface area (Å²) in [6.07, 6.45) is 3.73. The van der Waals surface area contributed by atoms with E-state index in [4.69, 9.17) is 5.73 Å². The third-order valence-corrected chi connectivity index (χ3v) is 1.68. The van der Waals surface area contributed by atoms with Crippen molar-refractivity contribution in [1.29, 1.82) is 0 Å². The molecule has 0 bridgehead atoms. The maximum Gasteiger partial charge on any atom is 0.237 e. The summed E-state index contributed by atoms with van der Waals surface area (Å²) in [6, 6.07) is -0.500. The molecule has 0 aliphatic heterocycles. The minimum absolute atomic E-state index is 0.128. The number of aromatic amines is 1. The van der Waals surface area contributed by atoms with E-state index >= 15 is 0 Å². The Kier molecular flexibility index (Phi) is 3.45. The van der Waals surface area contributed by atoms with Gasteiger partial charge in [-0.1, -0.05) is 0 Å². The van der Waals surface area contributed by atoms with Gasteiger partial charge in [0.1, 0.15) is 0 Å². The molecule has 4 N–H and O–H groups in total. The van der Waals surface area contributed by atoms with Crippen molar-refractivity contribution in [2.75, 3.05) is 6.54 Å². The number of likely N-dealkylation sites (N-methyl/N-ethyl adjacent to an activating group) is 1. The van der Waals surface area contributed by atoms with Crippen LogP contribution in [0.15, 0.2) is 12.5 Å². The predicted octanol–water partition coefficient (Wildman–Crippen LogP) is -0.584. The number of carbonyl (C=O) groups excluding carboxylic acids is 1. The molecule has 1 rings (SSSR count). The highest BCUT2D eigenvalue weighted by molar-refractivity contribution is 5.81. The Morgan fingerprint density at radius 3 is 3.15 bits per heavy atom. The second-order valence-electron chi connectivity index (χ2n) is 2.78. The molecule has 0 unspecified atom stereocenters. The minimum Gasteiger partial charge on any atom is -0.355 e. The lowest BCUT2D eigenvalue weighted by molar-refractivity contribution is -0.122. The van der Waals surface area contributed by atoms with Gasteiger partial charge in [-0.2, -0.15) is 0 Å². The van der Waals surface area contributed by atoms with E-state index in [2.05, 4.69) is 15.3 Å². The molecule has 5 nitrogen and oxygen atoms in total. The molecule has 0 saturated heterocycles. The smallest absolute Gasteiger partial charge is 0.237 e. The highest BCUT2D eigenvalue weighted by atomic mass is 16.2. The number of hydrogen-bond acceptors (Lipinski definition) is 3. The normalized spacial score (nSPS) is 12.5. The molecule has 0 aliphatic rings. The summed E-state index contributed by atoms with van der Waals surface area (Å²) < 4.78 is 0. The predicted molar refractivity (Wildman–Crippen MR) is 49.0 cm³/mol. The van der Waals surface area contributed by atoms with Crippen LogP contribution in [0.1, 0.15) is 12.6 Å². The van der Waals surface area contributed by atoms with E-state index in [1.54, 1.807) is 12.5 Å². The lowest BCUT2D eigenvalue weighted by Gasteiger charge is -2.09. The first-order valence-electron chi connectivity index (χ1n) is 4.24. The Hall–Kier alpha value is -1.36. The number of carbonyl (C=O) groups is 1. The summed E-state index contributed by atoms with van der Waals surface area (Å²) in [5.41, 5.74) is 6.51. The molecule has 0 saturated carbocycles. The molecule has 0 fully saturated rings. The van der Waals surface area contributed by atoms with Gasteiger partial charge in [0.2, 0.25) is 5.91 Å². The molecule has 0 aromatic carbocycles. The molecular formula is C8H14N4O. The van der Waals surface area contributed by atoms with Crippen molar-refractivity contribution in [3.63, 3.8) is 0 Å². The molecule has 1 aromatic rings. The van der Waals surface area contributed by atoms with Gasteiger partial charge in [-0.15, -0.1) is 0 Å². The second kappa shape index (κ2) is 4.61. The quantitative estimate of drug-likeness (QED) is 0.582. The number of nitrogens with two attached hydrogens (primary N) is 1. The first-order chi connectivity index (χ1) is 6.24. The minimum atomic E-state index is -0.500. The molecule has 1 amide bonds. The fourth-order valence-electron chi connectivity index (χ4n) is 1.03. The molecule has 0 radical (unpaired) electrons. The van der Waals surface area contributed by atoms with E-state index in [0.717, 1.165) is 5.69 Å². The van der Waals surface area contributed by atoms with E-state index in [1.165, 1.54) is 0 Å². The third-order valence-electron chi connectivity index (χ3n) is 1.68. The van der Waals surface area contributed by atoms with Crippen LogP contribution in [0.25, 0.3) is 0 Å². The average Bonchev–Trinajstić information content (AvgIpc) is 2.57. The van der Waals surface area contributed by atoms with Crippen molar-refractivity contribution >= 4 is 5.91 Å². The molecule has 1 aromatic heterocycles. The van der Waals surface area contributed by atoms with Gasteiger partial charge in [0, 0.05) is 24.9 Å². The molecule has 72 valence electrons. The molecule has 13 heavy (non-hydrogen) atoms. The highest BCUT2D eigenvalue weighted by Gasteiger charge is 2.12. The summed E-state index contributed by atoms with van der Waals surface area (Å²) in [7, 11) is 0. The summed E-state index contributed by atoms with van der Waals surface area (Å²) in [6.45, 7) is 2.47. The van der Waals surface area contributed by atoms with Crippen LogP contribution < -0.4 is 11.1 Å². The largest absolute Gasteiger partial charge is 0.355 e. The van der Waals surface area contributed by atoms with Crippen molar-refractivity contribution < 1.29 is 4.79 Å². The van der Waals surface area contributed by atoms with Crippen molar-refractivity contribution in [1.82, 2.24) is 15.3 Å². The van der Waals surface area contributed by atoms with Crippen LogP contribution in [0.5, 0.6) is 0 Å². The van der Waals surface area contributed by atoms with Crippen molar-refractivity contribution in [3.8, 4) is 0 Å². The summed E-state index contributed by atoms with van der Waals surface area (Å²) in [5.74, 6) is -0.128. The molecule has 5 heteroatoms. The zero-order chi connectivity index (χ0) is 9.68. The van der Waals surface area contributed by atoms with Crippen LogP contribution in [-0.2, 0) is 11.2 Å². The first kappa shape index (κ1) is 9.73. The molecule has 1 heterocycles. The summed E-state index contributed by atoms with van der Waals surface area (Å²) in [5, 5.41) is 2.66. The average molecular weight is 182 g/mol. The standard InChI is InChI=1S/C8H14N4O/c1-2-11-8(13)7(9)3-6-4-10-5-12-6/h4-5,7H,2-3,9H2,1H3,(H,10,12)(H,11,13)/t7-/m1/s1. The highest BCUT2D eigenvalue weighted by Crippen LogP contribution is 1.95. The fourth-order valence-corrected chi connectivity index (χ4v) is 1.03. The van der Waals surface area contributed by atoms with Crippen molar-refractivity contribution in [2.24, 2.45) is 5.73 Å². The Morgan fingerprint density at radius 1 is 1.85 bits per heavy atom. The first-order valence-corrected chi connectivity index (χ1v) is 4.24. The lowest BCUT2D eigenvalue weighted by atomic mass is 10.1. The van der Waals surface area contributed by atoms with E-state index in [-0.39, 0.29) is 5.91 Å². The zero-order valence-corrected chi connectivity index (χ0v) is 7.58. The molecule has 0 aliphatic carbocycles. The number of aromatic nitrogens is 2. The number of nitrogens with one attached hydrogen (secondary N) is 2. The third kappa shape index (κ3) is 2.87. The Labute approximate surface area is 76.7 Å². The van der Waals surface area contributed by atoms with Crippen LogP contribution in [0.4, 0.5) is 0 Å². The number of hydrogen-bond donors (Lipinski definition) is 3. The monoisotopic (exact) mass is 182 g/mol. The van der Waals surface area contributed by atoms with Gasteiger partial charge < -0.3 is 16.0 Å². The molecular weight excluding hydrogens is 168 g/mol. The maximum absolute atomic E-state index is 11.2. The molecule has 1 atom stereocenters. The van der Waals surface area contributed by atoms with Gasteiger partial charge >= 0.3 is 0 Å². The SMILES string of the molecule is CCNC(=O)[C@H](N)Cc1cnc[nH]1. The van der Waals surface area contributed by atoms with Crippen LogP contribution in [0, 0.1) is 0 Å². The van der Waals surface area contributed by atoms with E-state index < -0.39 is 6.04 Å². The van der Waals surface area contributed by atoms with Crippen molar-refractivity contribution in [2.45, 2.75) is 19.4 Å². The molecule has 0 spiro atoms. The number of nitrogens with zero attached hydrogens (tertiary/aromatic N) is 1. The van der Waals surface area contributed by atoms with Crippen LogP contribution in [-0.4, -0.2) is 28.5 Å². The van der Waals surface area contributed by atoms with Gasteiger partial charge in [-0.3, -0.25) is 4.79 Å². The van der Waals surface area contributed by atoms with Gasteiger partial charge in [0.05, 0.1) is 12.4 Å². The number of imidazole rings is 1. The van der Waals surface area contributed by atoms with Gasteiger partial charge in [0.15, 0.2) is 0 Å². The van der Waals surface area contributed by atoms with Crippen molar-refractivity contribution in [3.05, 3.63) is 18.2 Å². The summed E-state index contributed by atoms with van der Waals surface area (Å²) in [4.78, 5) is 17.9. The van der Waals surface area contributed by atoms with Gasteiger partial charge in [0.25, 0.3) is 0 Å². The van der Waals surface area contributed by atoms with Gasteiger partial charge in [-0.25, -0.2) is 4.98 Å².